The zero-order valence-electron chi connectivity index (χ0n) is 9.52. The van der Waals surface area contributed by atoms with E-state index in [1.165, 1.54) is 12.3 Å². The van der Waals surface area contributed by atoms with Crippen LogP contribution in [-0.2, 0) is 0 Å². The molecule has 0 saturated carbocycles. The normalized spacial score (nSPS) is 18.5. The highest BCUT2D eigenvalue weighted by atomic mass is 19.1. The topological polar surface area (TPSA) is 64.4 Å². The summed E-state index contributed by atoms with van der Waals surface area (Å²) < 4.78 is 12.9. The lowest BCUT2D eigenvalue weighted by Gasteiger charge is -2.12. The summed E-state index contributed by atoms with van der Waals surface area (Å²) in [5.41, 5.74) is 0.452. The Morgan fingerprint density at radius 3 is 3.12 bits per heavy atom. The fourth-order valence-electron chi connectivity index (χ4n) is 1.64. The first-order valence-corrected chi connectivity index (χ1v) is 5.34. The van der Waals surface area contributed by atoms with E-state index < -0.39 is 5.82 Å². The molecule has 0 spiro atoms. The standard InChI is InChI=1S/C11H14FN5/c1-17-7-8(4-16-17)3-15-11(13)9-2-10(12)6-14-5-9/h2,4-6,8H,3,7H2,1H3,(H2,13,15). The van der Waals surface area contributed by atoms with Gasteiger partial charge in [-0.1, -0.05) is 0 Å². The number of amidine groups is 1. The zero-order chi connectivity index (χ0) is 12.3. The number of nitrogens with zero attached hydrogens (tertiary/aromatic N) is 3. The molecule has 0 fully saturated rings. The molecular formula is C11H14FN5. The van der Waals surface area contributed by atoms with Gasteiger partial charge >= 0.3 is 0 Å². The molecule has 1 atom stereocenters. The Kier molecular flexibility index (Phi) is 3.32. The highest BCUT2D eigenvalue weighted by molar-refractivity contribution is 5.96. The van der Waals surface area contributed by atoms with Gasteiger partial charge in [0.2, 0.25) is 0 Å². The molecule has 0 radical (unpaired) electrons. The van der Waals surface area contributed by atoms with E-state index in [4.69, 9.17) is 5.41 Å². The van der Waals surface area contributed by atoms with Gasteiger partial charge in [0.1, 0.15) is 11.7 Å². The average Bonchev–Trinajstić information content (AvgIpc) is 2.72. The summed E-state index contributed by atoms with van der Waals surface area (Å²) >= 11 is 0. The van der Waals surface area contributed by atoms with Crippen LogP contribution in [0.3, 0.4) is 0 Å². The Labute approximate surface area is 98.9 Å². The van der Waals surface area contributed by atoms with Crippen LogP contribution in [0.4, 0.5) is 4.39 Å². The van der Waals surface area contributed by atoms with Crippen molar-refractivity contribution in [3.05, 3.63) is 29.8 Å². The number of hydrazone groups is 1. The Morgan fingerprint density at radius 2 is 2.47 bits per heavy atom. The van der Waals surface area contributed by atoms with Crippen LogP contribution < -0.4 is 5.32 Å². The summed E-state index contributed by atoms with van der Waals surface area (Å²) in [6, 6.07) is 1.29. The highest BCUT2D eigenvalue weighted by Gasteiger charge is 2.14. The number of hydrogen-bond acceptors (Lipinski definition) is 4. The third-order valence-electron chi connectivity index (χ3n) is 2.51. The van der Waals surface area contributed by atoms with E-state index in [9.17, 15) is 4.39 Å². The molecule has 0 saturated heterocycles. The molecule has 0 bridgehead atoms. The van der Waals surface area contributed by atoms with Crippen molar-refractivity contribution < 1.29 is 4.39 Å². The van der Waals surface area contributed by atoms with Crippen molar-refractivity contribution in [3.8, 4) is 0 Å². The van der Waals surface area contributed by atoms with Crippen LogP contribution in [0.2, 0.25) is 0 Å². The molecule has 6 heteroatoms. The molecule has 17 heavy (non-hydrogen) atoms. The number of nitrogens with one attached hydrogen (secondary N) is 2. The van der Waals surface area contributed by atoms with Crippen LogP contribution in [0.1, 0.15) is 5.56 Å². The molecular weight excluding hydrogens is 221 g/mol. The number of rotatable bonds is 3. The minimum absolute atomic E-state index is 0.181. The maximum atomic E-state index is 12.9. The first-order valence-electron chi connectivity index (χ1n) is 5.34. The van der Waals surface area contributed by atoms with Crippen molar-refractivity contribution in [2.24, 2.45) is 11.0 Å². The first kappa shape index (κ1) is 11.5. The number of pyridine rings is 1. The molecule has 1 unspecified atom stereocenters. The van der Waals surface area contributed by atoms with Crippen molar-refractivity contribution in [2.45, 2.75) is 0 Å². The van der Waals surface area contributed by atoms with Gasteiger partial charge in [0.05, 0.1) is 6.20 Å². The van der Waals surface area contributed by atoms with Gasteiger partial charge in [-0.25, -0.2) is 4.39 Å². The summed E-state index contributed by atoms with van der Waals surface area (Å²) in [6.45, 7) is 1.45. The Balaban J connectivity index is 1.87. The molecule has 2 heterocycles. The summed E-state index contributed by atoms with van der Waals surface area (Å²) in [5, 5.41) is 16.7. The summed E-state index contributed by atoms with van der Waals surface area (Å²) in [7, 11) is 1.90. The molecule has 1 aliphatic heterocycles. The SMILES string of the molecule is CN1CC(CNC(=N)c2cncc(F)c2)C=N1. The van der Waals surface area contributed by atoms with Gasteiger partial charge in [-0.2, -0.15) is 5.10 Å². The van der Waals surface area contributed by atoms with E-state index in [2.05, 4.69) is 15.4 Å². The predicted molar refractivity (Wildman–Crippen MR) is 63.6 cm³/mol. The van der Waals surface area contributed by atoms with Crippen LogP contribution in [-0.4, -0.2) is 42.2 Å². The van der Waals surface area contributed by atoms with Crippen molar-refractivity contribution in [1.82, 2.24) is 15.3 Å². The zero-order valence-corrected chi connectivity index (χ0v) is 9.52. The van der Waals surface area contributed by atoms with Crippen LogP contribution in [0.5, 0.6) is 0 Å². The van der Waals surface area contributed by atoms with Crippen LogP contribution in [0.15, 0.2) is 23.6 Å². The van der Waals surface area contributed by atoms with Gasteiger partial charge in [0.15, 0.2) is 0 Å². The lowest BCUT2D eigenvalue weighted by Crippen LogP contribution is -2.31. The summed E-state index contributed by atoms with van der Waals surface area (Å²) in [5.74, 6) is 0.0260. The van der Waals surface area contributed by atoms with Gasteiger partial charge in [-0.15, -0.1) is 0 Å². The number of halogens is 1. The third-order valence-corrected chi connectivity index (χ3v) is 2.51. The fourth-order valence-corrected chi connectivity index (χ4v) is 1.64. The van der Waals surface area contributed by atoms with Gasteiger partial charge < -0.3 is 5.32 Å². The van der Waals surface area contributed by atoms with Gasteiger partial charge in [0.25, 0.3) is 0 Å². The second-order valence-corrected chi connectivity index (χ2v) is 4.01. The highest BCUT2D eigenvalue weighted by Crippen LogP contribution is 2.05. The Bertz CT molecular complexity index is 445. The van der Waals surface area contributed by atoms with E-state index in [1.54, 1.807) is 0 Å². The molecule has 2 N–H and O–H groups in total. The van der Waals surface area contributed by atoms with Crippen molar-refractivity contribution in [1.29, 1.82) is 5.41 Å². The molecule has 90 valence electrons. The second-order valence-electron chi connectivity index (χ2n) is 4.01. The lowest BCUT2D eigenvalue weighted by atomic mass is 10.1. The number of hydrogen-bond donors (Lipinski definition) is 2. The monoisotopic (exact) mass is 235 g/mol. The van der Waals surface area contributed by atoms with Gasteiger partial charge in [0, 0.05) is 44.0 Å². The minimum Gasteiger partial charge on any atom is -0.369 e. The third kappa shape index (κ3) is 2.99. The van der Waals surface area contributed by atoms with Crippen molar-refractivity contribution >= 4 is 12.1 Å². The molecule has 1 aromatic heterocycles. The molecule has 0 aliphatic carbocycles. The van der Waals surface area contributed by atoms with E-state index in [0.717, 1.165) is 12.7 Å². The smallest absolute Gasteiger partial charge is 0.142 e. The maximum Gasteiger partial charge on any atom is 0.142 e. The quantitative estimate of drug-likeness (QED) is 0.598. The van der Waals surface area contributed by atoms with Crippen LogP contribution in [0, 0.1) is 17.1 Å². The van der Waals surface area contributed by atoms with Gasteiger partial charge in [-0.3, -0.25) is 15.4 Å². The fraction of sp³-hybridized carbons (Fsp3) is 0.364. The molecule has 0 amide bonds. The van der Waals surface area contributed by atoms with Crippen molar-refractivity contribution in [3.63, 3.8) is 0 Å². The Hall–Kier alpha value is -1.98. The minimum atomic E-state index is -0.434. The molecule has 2 rings (SSSR count). The first-order chi connectivity index (χ1) is 8.15. The largest absolute Gasteiger partial charge is 0.369 e. The lowest BCUT2D eigenvalue weighted by molar-refractivity contribution is 0.360. The van der Waals surface area contributed by atoms with Gasteiger partial charge in [-0.05, 0) is 6.07 Å². The summed E-state index contributed by atoms with van der Waals surface area (Å²) in [4.78, 5) is 3.71. The molecule has 1 aromatic rings. The predicted octanol–water partition coefficient (Wildman–Crippen LogP) is 0.683. The molecule has 0 aromatic carbocycles. The molecule has 1 aliphatic rings. The van der Waals surface area contributed by atoms with E-state index in [1.807, 2.05) is 18.3 Å². The Morgan fingerprint density at radius 1 is 1.65 bits per heavy atom. The number of aromatic nitrogens is 1. The van der Waals surface area contributed by atoms with Crippen LogP contribution in [0.25, 0.3) is 0 Å². The average molecular weight is 235 g/mol. The van der Waals surface area contributed by atoms with Crippen LogP contribution >= 0.6 is 0 Å². The molecule has 5 nitrogen and oxygen atoms in total. The second kappa shape index (κ2) is 4.90. The van der Waals surface area contributed by atoms with E-state index >= 15 is 0 Å². The summed E-state index contributed by atoms with van der Waals surface area (Å²) in [6.07, 6.45) is 4.44. The van der Waals surface area contributed by atoms with E-state index in [-0.39, 0.29) is 11.8 Å². The van der Waals surface area contributed by atoms with E-state index in [0.29, 0.717) is 12.1 Å². The van der Waals surface area contributed by atoms with Crippen molar-refractivity contribution in [2.75, 3.05) is 20.1 Å². The maximum absolute atomic E-state index is 12.9.